The van der Waals surface area contributed by atoms with Crippen LogP contribution < -0.4 is 10.1 Å². The van der Waals surface area contributed by atoms with Crippen LogP contribution in [0.1, 0.15) is 36.8 Å². The molecule has 1 fully saturated rings. The molecule has 2 amide bonds. The lowest BCUT2D eigenvalue weighted by Gasteiger charge is -2.32. The van der Waals surface area contributed by atoms with Gasteiger partial charge >= 0.3 is 0 Å². The largest absolute Gasteiger partial charge is 0.482 e. The second kappa shape index (κ2) is 13.2. The molecule has 0 aromatic heterocycles. The lowest BCUT2D eigenvalue weighted by atomic mass is 10.0. The minimum Gasteiger partial charge on any atom is -0.482 e. The summed E-state index contributed by atoms with van der Waals surface area (Å²) in [5.41, 5.74) is 1.70. The van der Waals surface area contributed by atoms with Gasteiger partial charge in [-0.25, -0.2) is 0 Å². The molecule has 0 bridgehead atoms. The zero-order chi connectivity index (χ0) is 26.2. The molecule has 1 N–H and O–H groups in total. The van der Waals surface area contributed by atoms with Crippen molar-refractivity contribution in [2.45, 2.75) is 50.7 Å². The SMILES string of the molecule is O=C(NC1CCCC1)C(Cc1ccccc1)N(Cc1ccccc1Cl)C(=O)COc1ccc(Cl)cc1Cl. The van der Waals surface area contributed by atoms with Gasteiger partial charge in [-0.05, 0) is 48.2 Å². The smallest absolute Gasteiger partial charge is 0.261 e. The summed E-state index contributed by atoms with van der Waals surface area (Å²) >= 11 is 18.7. The number of halogens is 3. The van der Waals surface area contributed by atoms with Gasteiger partial charge in [-0.3, -0.25) is 9.59 Å². The standard InChI is InChI=1S/C29H29Cl3N2O3/c30-22-14-15-27(25(32)17-22)37-19-28(35)34(18-21-10-4-7-13-24(21)31)26(16-20-8-2-1-3-9-20)29(36)33-23-11-5-6-12-23/h1-4,7-10,13-15,17,23,26H,5-6,11-12,16,18-19H2,(H,33,36). The maximum atomic E-state index is 13.7. The molecule has 0 radical (unpaired) electrons. The van der Waals surface area contributed by atoms with E-state index in [1.165, 1.54) is 0 Å². The molecule has 4 rings (SSSR count). The number of ether oxygens (including phenoxy) is 1. The molecule has 0 spiro atoms. The van der Waals surface area contributed by atoms with Crippen LogP contribution in [0.2, 0.25) is 15.1 Å². The van der Waals surface area contributed by atoms with Crippen LogP contribution in [0.3, 0.4) is 0 Å². The van der Waals surface area contributed by atoms with Crippen LogP contribution in [0.5, 0.6) is 5.75 Å². The minimum atomic E-state index is -0.754. The molecule has 1 aliphatic carbocycles. The fourth-order valence-corrected chi connectivity index (χ4v) is 5.20. The van der Waals surface area contributed by atoms with E-state index < -0.39 is 6.04 Å². The molecule has 194 valence electrons. The molecule has 3 aromatic rings. The van der Waals surface area contributed by atoms with E-state index in [2.05, 4.69) is 5.32 Å². The van der Waals surface area contributed by atoms with E-state index in [4.69, 9.17) is 39.5 Å². The Morgan fingerprint density at radius 3 is 2.32 bits per heavy atom. The van der Waals surface area contributed by atoms with E-state index in [0.717, 1.165) is 36.8 Å². The molecule has 1 atom stereocenters. The number of benzene rings is 3. The molecular weight excluding hydrogens is 531 g/mol. The highest BCUT2D eigenvalue weighted by Crippen LogP contribution is 2.28. The monoisotopic (exact) mass is 558 g/mol. The highest BCUT2D eigenvalue weighted by molar-refractivity contribution is 6.35. The highest BCUT2D eigenvalue weighted by Gasteiger charge is 2.32. The minimum absolute atomic E-state index is 0.118. The van der Waals surface area contributed by atoms with Crippen molar-refractivity contribution < 1.29 is 14.3 Å². The Morgan fingerprint density at radius 1 is 0.919 bits per heavy atom. The number of nitrogens with one attached hydrogen (secondary N) is 1. The molecule has 5 nitrogen and oxygen atoms in total. The van der Waals surface area contributed by atoms with E-state index in [1.807, 2.05) is 48.5 Å². The van der Waals surface area contributed by atoms with Crippen LogP contribution in [0.15, 0.2) is 72.8 Å². The molecule has 0 saturated heterocycles. The number of carbonyl (C=O) groups is 2. The van der Waals surface area contributed by atoms with E-state index in [9.17, 15) is 9.59 Å². The van der Waals surface area contributed by atoms with Crippen molar-refractivity contribution in [2.75, 3.05) is 6.61 Å². The number of rotatable bonds is 10. The van der Waals surface area contributed by atoms with Crippen LogP contribution in [0.4, 0.5) is 0 Å². The maximum absolute atomic E-state index is 13.7. The quantitative estimate of drug-likeness (QED) is 0.300. The lowest BCUT2D eigenvalue weighted by Crippen LogP contribution is -2.53. The third kappa shape index (κ3) is 7.64. The summed E-state index contributed by atoms with van der Waals surface area (Å²) in [5, 5.41) is 4.48. The third-order valence-electron chi connectivity index (χ3n) is 6.52. The number of amides is 2. The van der Waals surface area contributed by atoms with Crippen LogP contribution >= 0.6 is 34.8 Å². The van der Waals surface area contributed by atoms with Crippen LogP contribution in [-0.4, -0.2) is 35.4 Å². The highest BCUT2D eigenvalue weighted by atomic mass is 35.5. The molecule has 1 aliphatic rings. The summed E-state index contributed by atoms with van der Waals surface area (Å²) < 4.78 is 5.77. The molecular formula is C29H29Cl3N2O3. The number of hydrogen-bond donors (Lipinski definition) is 1. The average molecular weight is 560 g/mol. The molecule has 0 heterocycles. The first kappa shape index (κ1) is 27.3. The molecule has 8 heteroatoms. The van der Waals surface area contributed by atoms with Crippen LogP contribution in [0, 0.1) is 0 Å². The van der Waals surface area contributed by atoms with Crippen molar-refractivity contribution >= 4 is 46.6 Å². The lowest BCUT2D eigenvalue weighted by molar-refractivity contribution is -0.143. The van der Waals surface area contributed by atoms with Gasteiger partial charge in [-0.15, -0.1) is 0 Å². The van der Waals surface area contributed by atoms with Crippen molar-refractivity contribution in [3.8, 4) is 5.75 Å². The van der Waals surface area contributed by atoms with Gasteiger partial charge in [0.2, 0.25) is 5.91 Å². The van der Waals surface area contributed by atoms with Gasteiger partial charge in [-0.1, -0.05) is 96.2 Å². The van der Waals surface area contributed by atoms with E-state index >= 15 is 0 Å². The van der Waals surface area contributed by atoms with Gasteiger partial charge in [0.05, 0.1) is 5.02 Å². The van der Waals surface area contributed by atoms with Gasteiger partial charge in [0.15, 0.2) is 6.61 Å². The summed E-state index contributed by atoms with van der Waals surface area (Å²) in [6.07, 6.45) is 4.43. The molecule has 1 saturated carbocycles. The van der Waals surface area contributed by atoms with Gasteiger partial charge < -0.3 is 15.0 Å². The number of nitrogens with zero attached hydrogens (tertiary/aromatic N) is 1. The van der Waals surface area contributed by atoms with Crippen LogP contribution in [0.25, 0.3) is 0 Å². The van der Waals surface area contributed by atoms with E-state index in [-0.39, 0.29) is 31.0 Å². The third-order valence-corrected chi connectivity index (χ3v) is 7.42. The van der Waals surface area contributed by atoms with Crippen molar-refractivity contribution in [1.82, 2.24) is 10.2 Å². The Labute approximate surface area is 232 Å². The number of carbonyl (C=O) groups excluding carboxylic acids is 2. The van der Waals surface area contributed by atoms with E-state index in [1.54, 1.807) is 29.2 Å². The van der Waals surface area contributed by atoms with Crippen molar-refractivity contribution in [2.24, 2.45) is 0 Å². The summed E-state index contributed by atoms with van der Waals surface area (Å²) in [7, 11) is 0. The average Bonchev–Trinajstić information content (AvgIpc) is 3.40. The topological polar surface area (TPSA) is 58.6 Å². The Kier molecular flexibility index (Phi) is 9.73. The number of hydrogen-bond acceptors (Lipinski definition) is 3. The summed E-state index contributed by atoms with van der Waals surface area (Å²) in [5.74, 6) is -0.193. The van der Waals surface area contributed by atoms with Crippen LogP contribution in [-0.2, 0) is 22.6 Å². The first-order valence-electron chi connectivity index (χ1n) is 12.4. The van der Waals surface area contributed by atoms with Gasteiger partial charge in [0, 0.05) is 29.1 Å². The normalized spacial score (nSPS) is 14.2. The first-order chi connectivity index (χ1) is 17.9. The fourth-order valence-electron chi connectivity index (χ4n) is 4.55. The Morgan fingerprint density at radius 2 is 1.62 bits per heavy atom. The molecule has 37 heavy (non-hydrogen) atoms. The van der Waals surface area contributed by atoms with Gasteiger partial charge in [-0.2, -0.15) is 0 Å². The predicted molar refractivity (Wildman–Crippen MR) is 148 cm³/mol. The van der Waals surface area contributed by atoms with Crippen molar-refractivity contribution in [3.63, 3.8) is 0 Å². The molecule has 3 aromatic carbocycles. The zero-order valence-corrected chi connectivity index (χ0v) is 22.6. The van der Waals surface area contributed by atoms with Gasteiger partial charge in [0.25, 0.3) is 5.91 Å². The summed E-state index contributed by atoms with van der Waals surface area (Å²) in [6.45, 7) is -0.139. The molecule has 0 aliphatic heterocycles. The Hall–Kier alpha value is -2.73. The second-order valence-corrected chi connectivity index (χ2v) is 10.4. The summed E-state index contributed by atoms with van der Waals surface area (Å²) in [4.78, 5) is 28.9. The molecule has 1 unspecified atom stereocenters. The second-order valence-electron chi connectivity index (χ2n) is 9.17. The van der Waals surface area contributed by atoms with Crippen molar-refractivity contribution in [3.05, 3.63) is 99.0 Å². The Bertz CT molecular complexity index is 1220. The summed E-state index contributed by atoms with van der Waals surface area (Å²) in [6, 6.07) is 21.2. The van der Waals surface area contributed by atoms with Gasteiger partial charge in [0.1, 0.15) is 11.8 Å². The zero-order valence-electron chi connectivity index (χ0n) is 20.3. The Balaban J connectivity index is 1.63. The predicted octanol–water partition coefficient (Wildman–Crippen LogP) is 6.72. The first-order valence-corrected chi connectivity index (χ1v) is 13.5. The van der Waals surface area contributed by atoms with Crippen molar-refractivity contribution in [1.29, 1.82) is 0 Å². The fraction of sp³-hybridized carbons (Fsp3) is 0.310. The maximum Gasteiger partial charge on any atom is 0.261 e. The van der Waals surface area contributed by atoms with E-state index in [0.29, 0.717) is 27.2 Å².